The van der Waals surface area contributed by atoms with Crippen molar-refractivity contribution in [3.8, 4) is 0 Å². The molecule has 0 saturated heterocycles. The molecule has 0 fully saturated rings. The maximum Gasteiger partial charge on any atom is 0.326 e. The van der Waals surface area contributed by atoms with Crippen LogP contribution in [0, 0.1) is 5.41 Å². The summed E-state index contributed by atoms with van der Waals surface area (Å²) in [6.45, 7) is 9.55. The predicted octanol–water partition coefficient (Wildman–Crippen LogP) is -0.0250. The topological polar surface area (TPSA) is 116 Å². The van der Waals surface area contributed by atoms with E-state index in [1.165, 1.54) is 20.8 Å². The van der Waals surface area contributed by atoms with Crippen LogP contribution < -0.4 is 10.6 Å². The third-order valence-corrected chi connectivity index (χ3v) is 3.23. The molecule has 0 aromatic carbocycles. The average Bonchev–Trinajstić information content (AvgIpc) is 2.40. The first-order valence-electron chi connectivity index (χ1n) is 7.46. The van der Waals surface area contributed by atoms with E-state index in [1.807, 2.05) is 0 Å². The Morgan fingerprint density at radius 1 is 1.13 bits per heavy atom. The molecule has 8 heteroatoms. The van der Waals surface area contributed by atoms with E-state index in [9.17, 15) is 19.2 Å². The molecule has 0 saturated carbocycles. The first kappa shape index (κ1) is 20.9. The van der Waals surface area contributed by atoms with Crippen LogP contribution in [-0.4, -0.2) is 58.9 Å². The van der Waals surface area contributed by atoms with Crippen molar-refractivity contribution < 1.29 is 24.3 Å². The van der Waals surface area contributed by atoms with Crippen LogP contribution >= 0.6 is 0 Å². The average molecular weight is 329 g/mol. The molecule has 0 aliphatic rings. The quantitative estimate of drug-likeness (QED) is 0.607. The first-order chi connectivity index (χ1) is 10.4. The van der Waals surface area contributed by atoms with Crippen molar-refractivity contribution in [2.24, 2.45) is 5.41 Å². The largest absolute Gasteiger partial charge is 0.480 e. The summed E-state index contributed by atoms with van der Waals surface area (Å²) in [5, 5.41) is 14.2. The van der Waals surface area contributed by atoms with Crippen LogP contribution in [0.25, 0.3) is 0 Å². The second kappa shape index (κ2) is 8.50. The fourth-order valence-electron chi connectivity index (χ4n) is 1.70. The van der Waals surface area contributed by atoms with Gasteiger partial charge in [0.1, 0.15) is 12.1 Å². The molecule has 0 radical (unpaired) electrons. The fourth-order valence-corrected chi connectivity index (χ4v) is 1.70. The highest BCUT2D eigenvalue weighted by molar-refractivity contribution is 5.91. The molecule has 2 unspecified atom stereocenters. The van der Waals surface area contributed by atoms with Crippen molar-refractivity contribution >= 4 is 23.7 Å². The van der Waals surface area contributed by atoms with Gasteiger partial charge in [0.05, 0.1) is 0 Å². The Kier molecular flexibility index (Phi) is 7.71. The van der Waals surface area contributed by atoms with Crippen molar-refractivity contribution in [1.82, 2.24) is 15.5 Å². The number of nitrogens with one attached hydrogen (secondary N) is 2. The number of carbonyl (C=O) groups is 4. The Bertz CT molecular complexity index is 470. The molecule has 0 aliphatic heterocycles. The second-order valence-electron chi connectivity index (χ2n) is 6.47. The molecule has 0 aromatic heterocycles. The lowest BCUT2D eigenvalue weighted by Gasteiger charge is -2.30. The molecule has 2 atom stereocenters. The minimum atomic E-state index is -1.16. The maximum absolute atomic E-state index is 12.5. The van der Waals surface area contributed by atoms with E-state index in [0.717, 1.165) is 4.90 Å². The molecule has 0 aliphatic carbocycles. The number of rotatable bonds is 7. The van der Waals surface area contributed by atoms with E-state index in [0.29, 0.717) is 0 Å². The van der Waals surface area contributed by atoms with Crippen molar-refractivity contribution in [3.05, 3.63) is 0 Å². The molecular formula is C15H27N3O5. The smallest absolute Gasteiger partial charge is 0.326 e. The molecule has 3 amide bonds. The van der Waals surface area contributed by atoms with Crippen LogP contribution in [0.2, 0.25) is 0 Å². The summed E-state index contributed by atoms with van der Waals surface area (Å²) in [4.78, 5) is 47.6. The molecule has 132 valence electrons. The number of carboxylic acids is 1. The third kappa shape index (κ3) is 7.12. The van der Waals surface area contributed by atoms with Gasteiger partial charge < -0.3 is 20.6 Å². The molecule has 8 nitrogen and oxygen atoms in total. The van der Waals surface area contributed by atoms with Crippen molar-refractivity contribution in [3.63, 3.8) is 0 Å². The highest BCUT2D eigenvalue weighted by Gasteiger charge is 2.31. The summed E-state index contributed by atoms with van der Waals surface area (Å²) in [6.07, 6.45) is 0. The highest BCUT2D eigenvalue weighted by atomic mass is 16.4. The first-order valence-corrected chi connectivity index (χ1v) is 7.46. The Morgan fingerprint density at radius 3 is 2.04 bits per heavy atom. The lowest BCUT2D eigenvalue weighted by Crippen LogP contribution is -2.54. The van der Waals surface area contributed by atoms with Crippen molar-refractivity contribution in [2.45, 2.75) is 53.6 Å². The number of hydrogen-bond acceptors (Lipinski definition) is 4. The summed E-state index contributed by atoms with van der Waals surface area (Å²) in [5.74, 6) is -2.24. The fraction of sp³-hybridized carbons (Fsp3) is 0.733. The van der Waals surface area contributed by atoms with Crippen LogP contribution in [0.3, 0.4) is 0 Å². The van der Waals surface area contributed by atoms with Gasteiger partial charge in [0.25, 0.3) is 0 Å². The molecule has 3 N–H and O–H groups in total. The van der Waals surface area contributed by atoms with Gasteiger partial charge in [-0.2, -0.15) is 0 Å². The molecule has 0 bridgehead atoms. The lowest BCUT2D eigenvalue weighted by atomic mass is 9.95. The van der Waals surface area contributed by atoms with Gasteiger partial charge in [-0.15, -0.1) is 0 Å². The Hall–Kier alpha value is -2.12. The number of carboxylic acid groups (broad SMARTS) is 1. The molecular weight excluding hydrogens is 302 g/mol. The Labute approximate surface area is 136 Å². The van der Waals surface area contributed by atoms with Gasteiger partial charge in [-0.1, -0.05) is 20.8 Å². The second-order valence-corrected chi connectivity index (χ2v) is 6.47. The zero-order valence-electron chi connectivity index (χ0n) is 14.6. The van der Waals surface area contributed by atoms with Gasteiger partial charge in [0, 0.05) is 25.4 Å². The van der Waals surface area contributed by atoms with Gasteiger partial charge in [-0.3, -0.25) is 14.4 Å². The summed E-state index contributed by atoms with van der Waals surface area (Å²) in [7, 11) is 0. The lowest BCUT2D eigenvalue weighted by molar-refractivity contribution is -0.150. The van der Waals surface area contributed by atoms with Gasteiger partial charge in [0.15, 0.2) is 0 Å². The third-order valence-electron chi connectivity index (χ3n) is 3.23. The summed E-state index contributed by atoms with van der Waals surface area (Å²) < 4.78 is 0. The number of nitrogens with zero attached hydrogens (tertiary/aromatic N) is 1. The minimum absolute atomic E-state index is 0.0433. The van der Waals surface area contributed by atoms with E-state index >= 15 is 0 Å². The molecule has 0 heterocycles. The monoisotopic (exact) mass is 329 g/mol. The van der Waals surface area contributed by atoms with Gasteiger partial charge in [-0.05, 0) is 13.8 Å². The minimum Gasteiger partial charge on any atom is -0.480 e. The molecule has 0 aromatic rings. The van der Waals surface area contributed by atoms with E-state index in [1.54, 1.807) is 20.8 Å². The highest BCUT2D eigenvalue weighted by Crippen LogP contribution is 2.13. The van der Waals surface area contributed by atoms with E-state index < -0.39 is 29.4 Å². The van der Waals surface area contributed by atoms with Crippen LogP contribution in [-0.2, 0) is 19.2 Å². The number of hydrogen-bond donors (Lipinski definition) is 3. The van der Waals surface area contributed by atoms with Gasteiger partial charge in [0.2, 0.25) is 17.7 Å². The Balaban J connectivity index is 5.00. The van der Waals surface area contributed by atoms with Crippen LogP contribution in [0.1, 0.15) is 41.5 Å². The summed E-state index contributed by atoms with van der Waals surface area (Å²) in [5.41, 5.74) is -0.659. The zero-order chi connectivity index (χ0) is 18.4. The van der Waals surface area contributed by atoms with Gasteiger partial charge >= 0.3 is 5.97 Å². The van der Waals surface area contributed by atoms with Crippen LogP contribution in [0.5, 0.6) is 0 Å². The number of carbonyl (C=O) groups excluding carboxylic acids is 3. The Morgan fingerprint density at radius 2 is 1.65 bits per heavy atom. The van der Waals surface area contributed by atoms with E-state index in [-0.39, 0.29) is 24.9 Å². The van der Waals surface area contributed by atoms with E-state index in [2.05, 4.69) is 10.6 Å². The molecule has 0 spiro atoms. The summed E-state index contributed by atoms with van der Waals surface area (Å²) >= 11 is 0. The standard InChI is InChI=1S/C15H27N3O5/c1-9(17-14(23)15(4,5)6)12(20)18(10(2)13(21)22)8-7-16-11(3)19/h9-10H,7-8H2,1-6H3,(H,16,19)(H,17,23)(H,21,22). The summed E-state index contributed by atoms with van der Waals surface area (Å²) in [6, 6.07) is -1.92. The number of aliphatic carboxylic acids is 1. The SMILES string of the molecule is CC(=O)NCCN(C(=O)C(C)NC(=O)C(C)(C)C)C(C)C(=O)O. The van der Waals surface area contributed by atoms with E-state index in [4.69, 9.17) is 5.11 Å². The van der Waals surface area contributed by atoms with Crippen LogP contribution in [0.15, 0.2) is 0 Å². The van der Waals surface area contributed by atoms with Crippen LogP contribution in [0.4, 0.5) is 0 Å². The number of amides is 3. The normalized spacial score (nSPS) is 13.7. The van der Waals surface area contributed by atoms with Crippen molar-refractivity contribution in [1.29, 1.82) is 0 Å². The zero-order valence-corrected chi connectivity index (χ0v) is 14.6. The maximum atomic E-state index is 12.5. The molecule has 23 heavy (non-hydrogen) atoms. The van der Waals surface area contributed by atoms with Crippen molar-refractivity contribution in [2.75, 3.05) is 13.1 Å². The predicted molar refractivity (Wildman–Crippen MR) is 84.6 cm³/mol. The van der Waals surface area contributed by atoms with Gasteiger partial charge in [-0.25, -0.2) is 4.79 Å². The molecule has 0 rings (SSSR count).